The van der Waals surface area contributed by atoms with Gasteiger partial charge < -0.3 is 4.52 Å². The second-order valence-corrected chi connectivity index (χ2v) is 6.11. The van der Waals surface area contributed by atoms with E-state index in [0.29, 0.717) is 0 Å². The Balaban J connectivity index is 1.76. The third kappa shape index (κ3) is 3.35. The number of H-pyrrole nitrogens is 1. The normalized spacial score (nSPS) is 11.3. The fourth-order valence-corrected chi connectivity index (χ4v) is 2.75. The van der Waals surface area contributed by atoms with Crippen molar-refractivity contribution in [1.29, 1.82) is 0 Å². The van der Waals surface area contributed by atoms with Crippen molar-refractivity contribution in [3.05, 3.63) is 58.6 Å². The zero-order valence-corrected chi connectivity index (χ0v) is 14.1. The number of aromatic nitrogens is 3. The van der Waals surface area contributed by atoms with Gasteiger partial charge in [0.1, 0.15) is 5.76 Å². The SMILES string of the molecule is Cc1ccc(-c2[nH]ncc2CN(C)Cc2c(C)noc2C)cc1. The molecule has 0 bridgehead atoms. The van der Waals surface area contributed by atoms with Crippen LogP contribution in [0.15, 0.2) is 35.0 Å². The van der Waals surface area contributed by atoms with Gasteiger partial charge >= 0.3 is 0 Å². The minimum atomic E-state index is 0.805. The van der Waals surface area contributed by atoms with Gasteiger partial charge in [0.25, 0.3) is 0 Å². The highest BCUT2D eigenvalue weighted by Gasteiger charge is 2.14. The van der Waals surface area contributed by atoms with E-state index >= 15 is 0 Å². The first-order valence-corrected chi connectivity index (χ1v) is 7.74. The lowest BCUT2D eigenvalue weighted by Gasteiger charge is -2.16. The Morgan fingerprint density at radius 3 is 2.48 bits per heavy atom. The van der Waals surface area contributed by atoms with E-state index in [1.165, 1.54) is 11.1 Å². The molecular formula is C18H22N4O. The number of hydrogen-bond donors (Lipinski definition) is 1. The van der Waals surface area contributed by atoms with Gasteiger partial charge in [-0.1, -0.05) is 35.0 Å². The largest absolute Gasteiger partial charge is 0.361 e. The number of nitrogens with zero attached hydrogens (tertiary/aromatic N) is 3. The van der Waals surface area contributed by atoms with Gasteiger partial charge in [0, 0.05) is 24.2 Å². The summed E-state index contributed by atoms with van der Waals surface area (Å²) in [7, 11) is 2.10. The number of nitrogens with one attached hydrogen (secondary N) is 1. The highest BCUT2D eigenvalue weighted by Crippen LogP contribution is 2.23. The van der Waals surface area contributed by atoms with Gasteiger partial charge in [-0.2, -0.15) is 5.10 Å². The Morgan fingerprint density at radius 2 is 1.83 bits per heavy atom. The van der Waals surface area contributed by atoms with Crippen LogP contribution in [-0.4, -0.2) is 27.3 Å². The first-order valence-electron chi connectivity index (χ1n) is 7.74. The summed E-state index contributed by atoms with van der Waals surface area (Å²) in [4.78, 5) is 2.25. The molecule has 0 saturated carbocycles. The van der Waals surface area contributed by atoms with E-state index in [-0.39, 0.29) is 0 Å². The minimum Gasteiger partial charge on any atom is -0.361 e. The number of aromatic amines is 1. The molecule has 0 aliphatic heterocycles. The summed E-state index contributed by atoms with van der Waals surface area (Å²) < 4.78 is 5.24. The molecule has 0 spiro atoms. The second-order valence-electron chi connectivity index (χ2n) is 6.11. The zero-order chi connectivity index (χ0) is 16.4. The molecule has 5 heteroatoms. The number of aryl methyl sites for hydroxylation is 3. The summed E-state index contributed by atoms with van der Waals surface area (Å²) in [6.45, 7) is 7.65. The van der Waals surface area contributed by atoms with Crippen LogP contribution in [0.3, 0.4) is 0 Å². The maximum absolute atomic E-state index is 5.24. The molecule has 23 heavy (non-hydrogen) atoms. The van der Waals surface area contributed by atoms with Crippen molar-refractivity contribution in [1.82, 2.24) is 20.3 Å². The molecule has 0 atom stereocenters. The molecule has 0 fully saturated rings. The van der Waals surface area contributed by atoms with Gasteiger partial charge in [-0.05, 0) is 33.4 Å². The Kier molecular flexibility index (Phi) is 4.30. The van der Waals surface area contributed by atoms with Crippen LogP contribution < -0.4 is 0 Å². The third-order valence-electron chi connectivity index (χ3n) is 4.11. The van der Waals surface area contributed by atoms with E-state index in [1.54, 1.807) is 0 Å². The van der Waals surface area contributed by atoms with E-state index < -0.39 is 0 Å². The van der Waals surface area contributed by atoms with Crippen LogP contribution in [0.1, 0.15) is 28.1 Å². The summed E-state index contributed by atoms with van der Waals surface area (Å²) in [6, 6.07) is 8.49. The Bertz CT molecular complexity index is 766. The van der Waals surface area contributed by atoms with Crippen molar-refractivity contribution in [3.63, 3.8) is 0 Å². The highest BCUT2D eigenvalue weighted by atomic mass is 16.5. The number of hydrogen-bond acceptors (Lipinski definition) is 4. The predicted molar refractivity (Wildman–Crippen MR) is 89.9 cm³/mol. The van der Waals surface area contributed by atoms with E-state index in [2.05, 4.69) is 58.5 Å². The summed E-state index contributed by atoms with van der Waals surface area (Å²) >= 11 is 0. The molecule has 2 aromatic heterocycles. The molecule has 0 amide bonds. The molecule has 3 aromatic rings. The summed E-state index contributed by atoms with van der Waals surface area (Å²) in [5.41, 5.74) is 6.80. The van der Waals surface area contributed by atoms with Gasteiger partial charge in [0.05, 0.1) is 17.6 Å². The molecule has 0 aliphatic carbocycles. The van der Waals surface area contributed by atoms with Gasteiger partial charge in [0.15, 0.2) is 0 Å². The number of rotatable bonds is 5. The fraction of sp³-hybridized carbons (Fsp3) is 0.333. The van der Waals surface area contributed by atoms with Gasteiger partial charge in [-0.15, -0.1) is 0 Å². The lowest BCUT2D eigenvalue weighted by Crippen LogP contribution is -2.18. The van der Waals surface area contributed by atoms with Crippen LogP contribution >= 0.6 is 0 Å². The van der Waals surface area contributed by atoms with Crippen LogP contribution in [0.25, 0.3) is 11.3 Å². The topological polar surface area (TPSA) is 58.0 Å². The van der Waals surface area contributed by atoms with Crippen molar-refractivity contribution in [2.45, 2.75) is 33.9 Å². The summed E-state index contributed by atoms with van der Waals surface area (Å²) in [5.74, 6) is 0.889. The average Bonchev–Trinajstić information content (AvgIpc) is 3.10. The van der Waals surface area contributed by atoms with Gasteiger partial charge in [-0.25, -0.2) is 0 Å². The fourth-order valence-electron chi connectivity index (χ4n) is 2.75. The van der Waals surface area contributed by atoms with Crippen molar-refractivity contribution in [3.8, 4) is 11.3 Å². The lowest BCUT2D eigenvalue weighted by molar-refractivity contribution is 0.315. The monoisotopic (exact) mass is 310 g/mol. The van der Waals surface area contributed by atoms with Gasteiger partial charge in [-0.3, -0.25) is 10.00 Å². The first-order chi connectivity index (χ1) is 11.0. The lowest BCUT2D eigenvalue weighted by atomic mass is 10.1. The first kappa shape index (κ1) is 15.5. The quantitative estimate of drug-likeness (QED) is 0.782. The number of benzene rings is 1. The van der Waals surface area contributed by atoms with Crippen LogP contribution in [0, 0.1) is 20.8 Å². The molecule has 0 saturated heterocycles. The van der Waals surface area contributed by atoms with Crippen molar-refractivity contribution in [2.24, 2.45) is 0 Å². The van der Waals surface area contributed by atoms with Crippen molar-refractivity contribution in [2.75, 3.05) is 7.05 Å². The second kappa shape index (κ2) is 6.38. The van der Waals surface area contributed by atoms with E-state index in [1.807, 2.05) is 20.0 Å². The maximum atomic E-state index is 5.24. The molecule has 1 aromatic carbocycles. The smallest absolute Gasteiger partial charge is 0.138 e. The standard InChI is InChI=1S/C18H22N4O/c1-12-5-7-15(8-6-12)18-16(9-19-20-18)10-22(4)11-17-13(2)21-23-14(17)3/h5-9H,10-11H2,1-4H3,(H,19,20). The minimum absolute atomic E-state index is 0.805. The molecule has 120 valence electrons. The Morgan fingerprint density at radius 1 is 1.09 bits per heavy atom. The molecule has 1 N–H and O–H groups in total. The molecule has 2 heterocycles. The molecule has 0 unspecified atom stereocenters. The maximum Gasteiger partial charge on any atom is 0.138 e. The van der Waals surface area contributed by atoms with Gasteiger partial charge in [0.2, 0.25) is 0 Å². The average molecular weight is 310 g/mol. The summed E-state index contributed by atoms with van der Waals surface area (Å²) in [6.07, 6.45) is 1.90. The third-order valence-corrected chi connectivity index (χ3v) is 4.11. The Hall–Kier alpha value is -2.40. The molecular weight excluding hydrogens is 288 g/mol. The van der Waals surface area contributed by atoms with Crippen LogP contribution in [0.5, 0.6) is 0 Å². The molecule has 0 aliphatic rings. The van der Waals surface area contributed by atoms with E-state index in [4.69, 9.17) is 4.52 Å². The van der Waals surface area contributed by atoms with Crippen molar-refractivity contribution < 1.29 is 4.52 Å². The molecule has 3 rings (SSSR count). The van der Waals surface area contributed by atoms with Crippen LogP contribution in [-0.2, 0) is 13.1 Å². The van der Waals surface area contributed by atoms with Crippen LogP contribution in [0.4, 0.5) is 0 Å². The molecule has 5 nitrogen and oxygen atoms in total. The van der Waals surface area contributed by atoms with E-state index in [0.717, 1.165) is 41.4 Å². The molecule has 0 radical (unpaired) electrons. The highest BCUT2D eigenvalue weighted by molar-refractivity contribution is 5.62. The van der Waals surface area contributed by atoms with E-state index in [9.17, 15) is 0 Å². The Labute approximate surface area is 136 Å². The zero-order valence-electron chi connectivity index (χ0n) is 14.1. The predicted octanol–water partition coefficient (Wildman–Crippen LogP) is 3.62. The summed E-state index contributed by atoms with van der Waals surface area (Å²) in [5, 5.41) is 11.4. The van der Waals surface area contributed by atoms with Crippen molar-refractivity contribution >= 4 is 0 Å². The van der Waals surface area contributed by atoms with Crippen LogP contribution in [0.2, 0.25) is 0 Å².